The van der Waals surface area contributed by atoms with Crippen LogP contribution in [0.3, 0.4) is 0 Å². The van der Waals surface area contributed by atoms with Crippen LogP contribution in [0.5, 0.6) is 5.75 Å². The molecule has 0 bridgehead atoms. The largest absolute Gasteiger partial charge is 0.508 e. The van der Waals surface area contributed by atoms with Gasteiger partial charge < -0.3 is 5.11 Å². The van der Waals surface area contributed by atoms with Crippen LogP contribution >= 0.6 is 0 Å². The normalized spacial score (nSPS) is 9.33. The van der Waals surface area contributed by atoms with Crippen LogP contribution in [0.1, 0.15) is 12.0 Å². The highest BCUT2D eigenvalue weighted by atomic mass is 16.3. The van der Waals surface area contributed by atoms with Gasteiger partial charge >= 0.3 is 0 Å². The molecule has 0 aromatic heterocycles. The van der Waals surface area contributed by atoms with E-state index in [9.17, 15) is 5.11 Å². The molecule has 0 aliphatic heterocycles. The van der Waals surface area contributed by atoms with Crippen molar-refractivity contribution < 1.29 is 5.11 Å². The second-order valence-electron chi connectivity index (χ2n) is 3.75. The van der Waals surface area contributed by atoms with Crippen LogP contribution in [-0.4, -0.2) is 11.7 Å². The Kier molecular flexibility index (Phi) is 3.70. The molecule has 0 unspecified atom stereocenters. The minimum atomic E-state index is 0.260. The van der Waals surface area contributed by atoms with Crippen molar-refractivity contribution >= 4 is 10.8 Å². The number of nitrogens with zero attached hydrogens (tertiary/aromatic N) is 3. The van der Waals surface area contributed by atoms with E-state index in [0.29, 0.717) is 13.0 Å². The number of azide groups is 1. The molecule has 4 heteroatoms. The Morgan fingerprint density at radius 1 is 1.17 bits per heavy atom. The van der Waals surface area contributed by atoms with Crippen molar-refractivity contribution in [3.8, 4) is 17.6 Å². The summed E-state index contributed by atoms with van der Waals surface area (Å²) in [5.41, 5.74) is 9.02. The fourth-order valence-corrected chi connectivity index (χ4v) is 1.63. The lowest BCUT2D eigenvalue weighted by atomic mass is 10.1. The van der Waals surface area contributed by atoms with Crippen molar-refractivity contribution in [3.63, 3.8) is 0 Å². The first-order valence-corrected chi connectivity index (χ1v) is 5.52. The molecule has 88 valence electrons. The summed E-state index contributed by atoms with van der Waals surface area (Å²) in [7, 11) is 0. The maximum Gasteiger partial charge on any atom is 0.116 e. The Morgan fingerprint density at radius 3 is 2.78 bits per heavy atom. The number of rotatable bonds is 2. The van der Waals surface area contributed by atoms with E-state index in [4.69, 9.17) is 5.53 Å². The van der Waals surface area contributed by atoms with Gasteiger partial charge in [-0.1, -0.05) is 29.1 Å². The smallest absolute Gasteiger partial charge is 0.116 e. The van der Waals surface area contributed by atoms with Gasteiger partial charge in [0.25, 0.3) is 0 Å². The summed E-state index contributed by atoms with van der Waals surface area (Å²) >= 11 is 0. The zero-order chi connectivity index (χ0) is 12.8. The van der Waals surface area contributed by atoms with Crippen LogP contribution in [-0.2, 0) is 0 Å². The van der Waals surface area contributed by atoms with Crippen molar-refractivity contribution in [2.24, 2.45) is 5.11 Å². The van der Waals surface area contributed by atoms with E-state index in [1.807, 2.05) is 24.3 Å². The molecule has 0 aliphatic rings. The van der Waals surface area contributed by atoms with Gasteiger partial charge in [0, 0.05) is 23.4 Å². The van der Waals surface area contributed by atoms with E-state index >= 15 is 0 Å². The van der Waals surface area contributed by atoms with Crippen molar-refractivity contribution in [3.05, 3.63) is 52.4 Å². The van der Waals surface area contributed by atoms with Gasteiger partial charge in [-0.05, 0) is 40.6 Å². The molecule has 18 heavy (non-hydrogen) atoms. The molecule has 0 radical (unpaired) electrons. The molecule has 4 nitrogen and oxygen atoms in total. The summed E-state index contributed by atoms with van der Waals surface area (Å²) in [4.78, 5) is 2.66. The number of phenolic OH excluding ortho intramolecular Hbond substituents is 1. The first-order valence-electron chi connectivity index (χ1n) is 5.52. The maximum atomic E-state index is 9.36. The zero-order valence-electron chi connectivity index (χ0n) is 9.67. The highest BCUT2D eigenvalue weighted by Crippen LogP contribution is 2.20. The molecule has 0 atom stereocenters. The van der Waals surface area contributed by atoms with Gasteiger partial charge in [0.1, 0.15) is 5.75 Å². The van der Waals surface area contributed by atoms with Gasteiger partial charge in [-0.3, -0.25) is 0 Å². The van der Waals surface area contributed by atoms with Gasteiger partial charge in [-0.25, -0.2) is 0 Å². The third-order valence-corrected chi connectivity index (χ3v) is 2.46. The van der Waals surface area contributed by atoms with E-state index in [1.165, 1.54) is 0 Å². The third-order valence-electron chi connectivity index (χ3n) is 2.46. The lowest BCUT2D eigenvalue weighted by Gasteiger charge is -1.99. The molecule has 0 fully saturated rings. The molecular formula is C14H11N3O. The highest BCUT2D eigenvalue weighted by molar-refractivity contribution is 5.85. The highest BCUT2D eigenvalue weighted by Gasteiger charge is 1.95. The number of phenols is 1. The van der Waals surface area contributed by atoms with Crippen molar-refractivity contribution in [1.82, 2.24) is 0 Å². The van der Waals surface area contributed by atoms with Crippen LogP contribution in [0.2, 0.25) is 0 Å². The number of fused-ring (bicyclic) bond motifs is 1. The van der Waals surface area contributed by atoms with Gasteiger partial charge in [-0.2, -0.15) is 0 Å². The molecule has 1 N–H and O–H groups in total. The van der Waals surface area contributed by atoms with Crippen molar-refractivity contribution in [2.45, 2.75) is 6.42 Å². The van der Waals surface area contributed by atoms with Crippen LogP contribution in [0.25, 0.3) is 21.2 Å². The van der Waals surface area contributed by atoms with E-state index in [1.54, 1.807) is 12.1 Å². The fourth-order valence-electron chi connectivity index (χ4n) is 1.63. The minimum Gasteiger partial charge on any atom is -0.508 e. The molecule has 2 aromatic rings. The van der Waals surface area contributed by atoms with Crippen LogP contribution in [0.4, 0.5) is 0 Å². The van der Waals surface area contributed by atoms with Crippen LogP contribution in [0.15, 0.2) is 41.5 Å². The summed E-state index contributed by atoms with van der Waals surface area (Å²) in [6.07, 6.45) is 0.553. The standard InChI is InChI=1S/C14H11N3O/c15-17-16-8-2-1-3-11-4-5-13-10-14(18)7-6-12(13)9-11/h4-7,9-10,18H,2,8H2. The average molecular weight is 237 g/mol. The number of aromatic hydroxyl groups is 1. The molecular weight excluding hydrogens is 226 g/mol. The molecule has 0 amide bonds. The zero-order valence-corrected chi connectivity index (χ0v) is 9.67. The van der Waals surface area contributed by atoms with E-state index in [-0.39, 0.29) is 5.75 Å². The Hall–Kier alpha value is -2.63. The maximum absolute atomic E-state index is 9.36. The van der Waals surface area contributed by atoms with Crippen LogP contribution < -0.4 is 0 Å². The topological polar surface area (TPSA) is 69.0 Å². The molecule has 2 rings (SSSR count). The van der Waals surface area contributed by atoms with E-state index in [0.717, 1.165) is 16.3 Å². The Labute approximate surface area is 105 Å². The van der Waals surface area contributed by atoms with Gasteiger partial charge in [0.2, 0.25) is 0 Å². The van der Waals surface area contributed by atoms with Crippen molar-refractivity contribution in [2.75, 3.05) is 6.54 Å². The SMILES string of the molecule is [N-]=[N+]=NCCC#Cc1ccc2cc(O)ccc2c1. The number of hydrogen-bond donors (Lipinski definition) is 1. The molecule has 2 aromatic carbocycles. The number of benzene rings is 2. The monoisotopic (exact) mass is 237 g/mol. The van der Waals surface area contributed by atoms with Gasteiger partial charge in [0.05, 0.1) is 0 Å². The Morgan fingerprint density at radius 2 is 1.94 bits per heavy atom. The van der Waals surface area contributed by atoms with Crippen molar-refractivity contribution in [1.29, 1.82) is 0 Å². The second-order valence-corrected chi connectivity index (χ2v) is 3.75. The number of hydrogen-bond acceptors (Lipinski definition) is 2. The minimum absolute atomic E-state index is 0.260. The molecule has 0 aliphatic carbocycles. The molecule has 0 saturated carbocycles. The lowest BCUT2D eigenvalue weighted by Crippen LogP contribution is -1.78. The summed E-state index contributed by atoms with van der Waals surface area (Å²) in [5, 5.41) is 14.8. The fraction of sp³-hybridized carbons (Fsp3) is 0.143. The van der Waals surface area contributed by atoms with Gasteiger partial charge in [-0.15, -0.1) is 0 Å². The first kappa shape index (κ1) is 11.8. The molecule has 0 heterocycles. The van der Waals surface area contributed by atoms with E-state index in [2.05, 4.69) is 21.9 Å². The predicted octanol–water partition coefficient (Wildman–Crippen LogP) is 3.60. The summed E-state index contributed by atoms with van der Waals surface area (Å²) < 4.78 is 0. The summed E-state index contributed by atoms with van der Waals surface area (Å²) in [5.74, 6) is 6.22. The first-order chi connectivity index (χ1) is 8.79. The second kappa shape index (κ2) is 5.62. The summed E-state index contributed by atoms with van der Waals surface area (Å²) in [6, 6.07) is 11.0. The molecule has 0 spiro atoms. The van der Waals surface area contributed by atoms with Crippen LogP contribution in [0, 0.1) is 11.8 Å². The Bertz CT molecular complexity index is 676. The average Bonchev–Trinajstić information content (AvgIpc) is 2.38. The predicted molar refractivity (Wildman–Crippen MR) is 71.1 cm³/mol. The lowest BCUT2D eigenvalue weighted by molar-refractivity contribution is 0.476. The summed E-state index contributed by atoms with van der Waals surface area (Å²) in [6.45, 7) is 0.394. The molecule has 0 saturated heterocycles. The van der Waals surface area contributed by atoms with Gasteiger partial charge in [0.15, 0.2) is 0 Å². The quantitative estimate of drug-likeness (QED) is 0.280. The third kappa shape index (κ3) is 2.94. The van der Waals surface area contributed by atoms with E-state index < -0.39 is 0 Å². The Balaban J connectivity index is 2.19.